The van der Waals surface area contributed by atoms with Crippen molar-refractivity contribution in [2.24, 2.45) is 0 Å². The minimum absolute atomic E-state index is 0.306. The molecule has 6 heteroatoms. The van der Waals surface area contributed by atoms with E-state index >= 15 is 0 Å². The van der Waals surface area contributed by atoms with Gasteiger partial charge in [-0.15, -0.1) is 0 Å². The largest absolute Gasteiger partial charge is 0.496 e. The monoisotopic (exact) mass is 330 g/mol. The molecule has 0 aliphatic heterocycles. The van der Waals surface area contributed by atoms with Crippen LogP contribution in [-0.2, 0) is 0 Å². The molecule has 2 aromatic carbocycles. The molecule has 0 spiro atoms. The molecule has 1 atom stereocenters. The van der Waals surface area contributed by atoms with Gasteiger partial charge < -0.3 is 14.5 Å². The fourth-order valence-electron chi connectivity index (χ4n) is 2.27. The number of carbonyl (C=O) groups excluding carboxylic acids is 1. The van der Waals surface area contributed by atoms with Gasteiger partial charge in [-0.3, -0.25) is 4.79 Å². The van der Waals surface area contributed by atoms with Crippen molar-refractivity contribution < 1.29 is 13.9 Å². The number of aromatic nitrogens is 1. The predicted octanol–water partition coefficient (Wildman–Crippen LogP) is 3.98. The Kier molecular flexibility index (Phi) is 4.21. The second-order valence-corrected chi connectivity index (χ2v) is 5.50. The Balaban J connectivity index is 1.83. The number of halogens is 1. The Morgan fingerprint density at radius 1 is 1.30 bits per heavy atom. The Morgan fingerprint density at radius 2 is 2.09 bits per heavy atom. The van der Waals surface area contributed by atoms with Crippen molar-refractivity contribution in [2.75, 3.05) is 7.11 Å². The van der Waals surface area contributed by atoms with Crippen LogP contribution in [0.25, 0.3) is 11.1 Å². The van der Waals surface area contributed by atoms with E-state index in [4.69, 9.17) is 20.8 Å². The van der Waals surface area contributed by atoms with E-state index in [2.05, 4.69) is 10.3 Å². The maximum Gasteiger partial charge on any atom is 0.255 e. The summed E-state index contributed by atoms with van der Waals surface area (Å²) >= 11 is 5.96. The zero-order chi connectivity index (χ0) is 16.4. The highest BCUT2D eigenvalue weighted by Gasteiger charge is 2.19. The number of rotatable bonds is 4. The molecule has 0 saturated carbocycles. The van der Waals surface area contributed by atoms with Crippen molar-refractivity contribution in [2.45, 2.75) is 13.0 Å². The maximum absolute atomic E-state index is 12.5. The number of oxazole rings is 1. The first-order chi connectivity index (χ1) is 11.1. The highest BCUT2D eigenvalue weighted by molar-refractivity contribution is 6.31. The van der Waals surface area contributed by atoms with Crippen LogP contribution in [0.15, 0.2) is 46.9 Å². The Bertz CT molecular complexity index is 827. The van der Waals surface area contributed by atoms with Crippen molar-refractivity contribution in [1.82, 2.24) is 10.3 Å². The summed E-state index contributed by atoms with van der Waals surface area (Å²) in [5.41, 5.74) is 1.80. The van der Waals surface area contributed by atoms with Crippen LogP contribution in [0.1, 0.15) is 29.2 Å². The van der Waals surface area contributed by atoms with E-state index in [9.17, 15) is 4.79 Å². The molecule has 23 heavy (non-hydrogen) atoms. The summed E-state index contributed by atoms with van der Waals surface area (Å²) in [4.78, 5) is 16.8. The van der Waals surface area contributed by atoms with Crippen LogP contribution in [0.5, 0.6) is 5.75 Å². The molecular weight excluding hydrogens is 316 g/mol. The lowest BCUT2D eigenvalue weighted by atomic mass is 10.1. The third kappa shape index (κ3) is 3.14. The van der Waals surface area contributed by atoms with Gasteiger partial charge in [-0.1, -0.05) is 23.7 Å². The number of benzene rings is 2. The summed E-state index contributed by atoms with van der Waals surface area (Å²) in [6.07, 6.45) is 0. The van der Waals surface area contributed by atoms with Crippen molar-refractivity contribution in [1.29, 1.82) is 0 Å². The highest BCUT2D eigenvalue weighted by Crippen LogP contribution is 2.24. The molecule has 0 saturated heterocycles. The molecule has 0 bridgehead atoms. The summed E-state index contributed by atoms with van der Waals surface area (Å²) < 4.78 is 10.9. The van der Waals surface area contributed by atoms with Crippen LogP contribution in [0.3, 0.4) is 0 Å². The lowest BCUT2D eigenvalue weighted by Crippen LogP contribution is -2.27. The van der Waals surface area contributed by atoms with Crippen LogP contribution in [0.4, 0.5) is 0 Å². The van der Waals surface area contributed by atoms with Gasteiger partial charge >= 0.3 is 0 Å². The van der Waals surface area contributed by atoms with E-state index in [1.807, 2.05) is 24.3 Å². The smallest absolute Gasteiger partial charge is 0.255 e. The Hall–Kier alpha value is -2.53. The molecule has 1 aromatic heterocycles. The molecule has 1 unspecified atom stereocenters. The number of para-hydroxylation sites is 2. The number of hydrogen-bond acceptors (Lipinski definition) is 4. The molecule has 0 fully saturated rings. The van der Waals surface area contributed by atoms with E-state index in [-0.39, 0.29) is 5.91 Å². The van der Waals surface area contributed by atoms with Crippen LogP contribution < -0.4 is 10.1 Å². The van der Waals surface area contributed by atoms with Crippen molar-refractivity contribution >= 4 is 28.6 Å². The van der Waals surface area contributed by atoms with Crippen LogP contribution in [0.2, 0.25) is 5.02 Å². The average molecular weight is 331 g/mol. The van der Waals surface area contributed by atoms with Crippen molar-refractivity contribution in [3.63, 3.8) is 0 Å². The molecule has 0 radical (unpaired) electrons. The second-order valence-electron chi connectivity index (χ2n) is 5.06. The van der Waals surface area contributed by atoms with Crippen LogP contribution in [0, 0.1) is 0 Å². The summed E-state index contributed by atoms with van der Waals surface area (Å²) in [5, 5.41) is 3.30. The van der Waals surface area contributed by atoms with Crippen molar-refractivity contribution in [3.05, 3.63) is 58.9 Å². The lowest BCUT2D eigenvalue weighted by molar-refractivity contribution is 0.0931. The maximum atomic E-state index is 12.5. The number of carbonyl (C=O) groups is 1. The zero-order valence-electron chi connectivity index (χ0n) is 12.7. The normalized spacial score (nSPS) is 12.1. The number of nitrogens with zero attached hydrogens (tertiary/aromatic N) is 1. The van der Waals surface area contributed by atoms with Gasteiger partial charge in [0.1, 0.15) is 17.3 Å². The topological polar surface area (TPSA) is 64.4 Å². The number of amides is 1. The SMILES string of the molecule is COc1ccc(Cl)cc1C(=O)NC(C)c1nc2ccccc2o1. The molecule has 118 valence electrons. The Labute approximate surface area is 138 Å². The first-order valence-corrected chi connectivity index (χ1v) is 7.46. The zero-order valence-corrected chi connectivity index (χ0v) is 13.4. The van der Waals surface area contributed by atoms with Gasteiger partial charge in [0, 0.05) is 5.02 Å². The third-order valence-electron chi connectivity index (χ3n) is 3.43. The fraction of sp³-hybridized carbons (Fsp3) is 0.176. The van der Waals surface area contributed by atoms with E-state index in [1.165, 1.54) is 7.11 Å². The van der Waals surface area contributed by atoms with E-state index < -0.39 is 6.04 Å². The van der Waals surface area contributed by atoms with Gasteiger partial charge in [-0.2, -0.15) is 0 Å². The van der Waals surface area contributed by atoms with Gasteiger partial charge in [0.15, 0.2) is 5.58 Å². The highest BCUT2D eigenvalue weighted by atomic mass is 35.5. The van der Waals surface area contributed by atoms with E-state index in [0.717, 1.165) is 5.52 Å². The van der Waals surface area contributed by atoms with Crippen LogP contribution in [-0.4, -0.2) is 18.0 Å². The molecule has 1 N–H and O–H groups in total. The fourth-order valence-corrected chi connectivity index (χ4v) is 2.44. The summed E-state index contributed by atoms with van der Waals surface area (Å²) in [6.45, 7) is 1.81. The first kappa shape index (κ1) is 15.4. The second kappa shape index (κ2) is 6.30. The number of fused-ring (bicyclic) bond motifs is 1. The quantitative estimate of drug-likeness (QED) is 0.785. The third-order valence-corrected chi connectivity index (χ3v) is 3.67. The number of nitrogens with one attached hydrogen (secondary N) is 1. The van der Waals surface area contributed by atoms with Crippen LogP contribution >= 0.6 is 11.6 Å². The minimum Gasteiger partial charge on any atom is -0.496 e. The molecule has 1 amide bonds. The summed E-state index contributed by atoms with van der Waals surface area (Å²) in [7, 11) is 1.50. The summed E-state index contributed by atoms with van der Waals surface area (Å²) in [5.74, 6) is 0.594. The molecule has 3 aromatic rings. The number of ether oxygens (including phenoxy) is 1. The van der Waals surface area contributed by atoms with Gasteiger partial charge in [-0.05, 0) is 37.3 Å². The number of hydrogen-bond donors (Lipinski definition) is 1. The molecule has 1 heterocycles. The van der Waals surface area contributed by atoms with Gasteiger partial charge in [0.25, 0.3) is 5.91 Å². The molecular formula is C17H15ClN2O3. The standard InChI is InChI=1S/C17H15ClN2O3/c1-10(17-20-13-5-3-4-6-15(13)23-17)19-16(21)12-9-11(18)7-8-14(12)22-2/h3-10H,1-2H3,(H,19,21). The lowest BCUT2D eigenvalue weighted by Gasteiger charge is -2.13. The predicted molar refractivity (Wildman–Crippen MR) is 87.9 cm³/mol. The first-order valence-electron chi connectivity index (χ1n) is 7.08. The summed E-state index contributed by atoms with van der Waals surface area (Å²) in [6, 6.07) is 11.9. The molecule has 0 aliphatic carbocycles. The van der Waals surface area contributed by atoms with Gasteiger partial charge in [-0.25, -0.2) is 4.98 Å². The molecule has 0 aliphatic rings. The van der Waals surface area contributed by atoms with Gasteiger partial charge in [0.05, 0.1) is 12.7 Å². The van der Waals surface area contributed by atoms with E-state index in [1.54, 1.807) is 25.1 Å². The molecule has 5 nitrogen and oxygen atoms in total. The van der Waals surface area contributed by atoms with Gasteiger partial charge in [0.2, 0.25) is 5.89 Å². The minimum atomic E-state index is -0.390. The number of methoxy groups -OCH3 is 1. The van der Waals surface area contributed by atoms with Crippen molar-refractivity contribution in [3.8, 4) is 5.75 Å². The molecule has 3 rings (SSSR count). The average Bonchev–Trinajstić information content (AvgIpc) is 2.99. The Morgan fingerprint density at radius 3 is 2.83 bits per heavy atom. The van der Waals surface area contributed by atoms with E-state index in [0.29, 0.717) is 27.8 Å².